The number of hydrogen-bond acceptors (Lipinski definition) is 7. The molecule has 44 heavy (non-hydrogen) atoms. The number of hydrogen-bond donors (Lipinski definition) is 4. The minimum absolute atomic E-state index is 0.177. The molecule has 4 N–H and O–H groups in total. The van der Waals surface area contributed by atoms with Gasteiger partial charge in [0.2, 0.25) is 0 Å². The smallest absolute Gasteiger partial charge is 0.334 e. The highest BCUT2D eigenvalue weighted by atomic mass is 16.5. The van der Waals surface area contributed by atoms with E-state index in [0.29, 0.717) is 24.8 Å². The second-order valence-electron chi connectivity index (χ2n) is 13.9. The summed E-state index contributed by atoms with van der Waals surface area (Å²) in [6, 6.07) is 0. The fraction of sp³-hybridized carbons (Fsp3) is 0.919. The Morgan fingerprint density at radius 3 is 1.61 bits per heavy atom. The molecule has 7 nitrogen and oxygen atoms in total. The van der Waals surface area contributed by atoms with E-state index >= 15 is 0 Å². The molecule has 0 aliphatic carbocycles. The summed E-state index contributed by atoms with van der Waals surface area (Å²) in [6.07, 6.45) is 25.1. The standard InChI is InChI=1S/C37H68O7/c1-3-4-5-6-7-8-9-14-17-20-23-33(40)35-24-25-36(44-35)34(41)28-32(39)22-19-16-13-11-10-12-15-18-21-31(38)27-30-26-29(2)43-37(30)42/h26,29,31-36,38-41H,3-25,27-28H2,1-2H3/t29-,31+,32-,33+,34+,35+,36+/m0/s1. The van der Waals surface area contributed by atoms with Gasteiger partial charge in [-0.15, -0.1) is 0 Å². The molecule has 0 bridgehead atoms. The van der Waals surface area contributed by atoms with Crippen LogP contribution < -0.4 is 0 Å². The summed E-state index contributed by atoms with van der Waals surface area (Å²) in [7, 11) is 0. The molecule has 0 amide bonds. The van der Waals surface area contributed by atoms with E-state index in [1.54, 1.807) is 6.08 Å². The van der Waals surface area contributed by atoms with Gasteiger partial charge >= 0.3 is 5.97 Å². The van der Waals surface area contributed by atoms with Crippen LogP contribution in [0.15, 0.2) is 11.6 Å². The van der Waals surface area contributed by atoms with Crippen LogP contribution in [0, 0.1) is 0 Å². The molecule has 2 aliphatic heterocycles. The highest BCUT2D eigenvalue weighted by Gasteiger charge is 2.35. The first kappa shape index (κ1) is 39.2. The van der Waals surface area contributed by atoms with E-state index in [-0.39, 0.29) is 24.3 Å². The van der Waals surface area contributed by atoms with Crippen LogP contribution in [0.4, 0.5) is 0 Å². The second kappa shape index (κ2) is 24.2. The van der Waals surface area contributed by atoms with Gasteiger partial charge in [-0.05, 0) is 45.1 Å². The van der Waals surface area contributed by atoms with Crippen LogP contribution in [0.5, 0.6) is 0 Å². The van der Waals surface area contributed by atoms with Gasteiger partial charge < -0.3 is 29.9 Å². The van der Waals surface area contributed by atoms with Crippen molar-refractivity contribution in [3.05, 3.63) is 11.6 Å². The summed E-state index contributed by atoms with van der Waals surface area (Å²) in [5, 5.41) is 41.9. The van der Waals surface area contributed by atoms with Crippen molar-refractivity contribution in [3.63, 3.8) is 0 Å². The lowest BCUT2D eigenvalue weighted by atomic mass is 9.98. The fourth-order valence-electron chi connectivity index (χ4n) is 6.79. The summed E-state index contributed by atoms with van der Waals surface area (Å²) < 4.78 is 11.1. The third kappa shape index (κ3) is 17.6. The van der Waals surface area contributed by atoms with Crippen LogP contribution in [-0.4, -0.2) is 69.1 Å². The maximum absolute atomic E-state index is 11.6. The van der Waals surface area contributed by atoms with Crippen molar-refractivity contribution in [3.8, 4) is 0 Å². The molecule has 2 rings (SSSR count). The van der Waals surface area contributed by atoms with Crippen LogP contribution in [0.3, 0.4) is 0 Å². The van der Waals surface area contributed by atoms with Crippen LogP contribution in [0.1, 0.15) is 174 Å². The van der Waals surface area contributed by atoms with Crippen molar-refractivity contribution in [2.45, 2.75) is 217 Å². The van der Waals surface area contributed by atoms with Gasteiger partial charge in [0.05, 0.1) is 36.6 Å². The van der Waals surface area contributed by atoms with Gasteiger partial charge in [0.25, 0.3) is 0 Å². The van der Waals surface area contributed by atoms with Crippen LogP contribution in [0.25, 0.3) is 0 Å². The Labute approximate surface area is 269 Å². The fourth-order valence-corrected chi connectivity index (χ4v) is 6.79. The third-order valence-electron chi connectivity index (χ3n) is 9.58. The molecule has 2 heterocycles. The Morgan fingerprint density at radius 1 is 0.659 bits per heavy atom. The maximum Gasteiger partial charge on any atom is 0.334 e. The first-order valence-corrected chi connectivity index (χ1v) is 18.6. The summed E-state index contributed by atoms with van der Waals surface area (Å²) in [6.45, 7) is 4.09. The predicted octanol–water partition coefficient (Wildman–Crippen LogP) is 7.84. The summed E-state index contributed by atoms with van der Waals surface area (Å²) >= 11 is 0. The van der Waals surface area contributed by atoms with Gasteiger partial charge in [0, 0.05) is 18.4 Å². The van der Waals surface area contributed by atoms with E-state index in [1.807, 2.05) is 6.92 Å². The molecule has 0 aromatic heterocycles. The molecular weight excluding hydrogens is 556 g/mol. The average molecular weight is 625 g/mol. The lowest BCUT2D eigenvalue weighted by Crippen LogP contribution is -2.33. The molecular formula is C37H68O7. The van der Waals surface area contributed by atoms with Crippen LogP contribution >= 0.6 is 0 Å². The number of aliphatic hydroxyl groups excluding tert-OH is 4. The first-order chi connectivity index (χ1) is 21.3. The van der Waals surface area contributed by atoms with Crippen molar-refractivity contribution < 1.29 is 34.7 Å². The van der Waals surface area contributed by atoms with Crippen molar-refractivity contribution in [2.24, 2.45) is 0 Å². The average Bonchev–Trinajstić information content (AvgIpc) is 3.61. The largest absolute Gasteiger partial charge is 0.455 e. The highest BCUT2D eigenvalue weighted by molar-refractivity contribution is 5.90. The number of carbonyl (C=O) groups is 1. The van der Waals surface area contributed by atoms with Crippen LogP contribution in [-0.2, 0) is 14.3 Å². The van der Waals surface area contributed by atoms with E-state index < -0.39 is 24.4 Å². The zero-order valence-corrected chi connectivity index (χ0v) is 28.3. The van der Waals surface area contributed by atoms with Gasteiger partial charge in [-0.3, -0.25) is 0 Å². The van der Waals surface area contributed by atoms with Crippen molar-refractivity contribution in [1.29, 1.82) is 0 Å². The molecule has 1 fully saturated rings. The number of aliphatic hydroxyl groups is 4. The predicted molar refractivity (Wildman–Crippen MR) is 177 cm³/mol. The quantitative estimate of drug-likeness (QED) is 0.0518. The van der Waals surface area contributed by atoms with E-state index in [9.17, 15) is 25.2 Å². The Kier molecular flexibility index (Phi) is 21.6. The minimum atomic E-state index is -0.676. The summed E-state index contributed by atoms with van der Waals surface area (Å²) in [4.78, 5) is 11.6. The molecule has 1 saturated heterocycles. The van der Waals surface area contributed by atoms with Crippen molar-refractivity contribution in [1.82, 2.24) is 0 Å². The summed E-state index contributed by atoms with van der Waals surface area (Å²) in [5.74, 6) is -0.290. The molecule has 258 valence electrons. The molecule has 0 aromatic carbocycles. The Balaban J connectivity index is 1.39. The number of rotatable bonds is 28. The molecule has 0 unspecified atom stereocenters. The highest BCUT2D eigenvalue weighted by Crippen LogP contribution is 2.29. The number of ether oxygens (including phenoxy) is 2. The molecule has 7 atom stereocenters. The zero-order chi connectivity index (χ0) is 32.0. The number of esters is 1. The lowest BCUT2D eigenvalue weighted by Gasteiger charge is -2.23. The first-order valence-electron chi connectivity index (χ1n) is 18.6. The monoisotopic (exact) mass is 624 g/mol. The van der Waals surface area contributed by atoms with Gasteiger partial charge in [0.15, 0.2) is 0 Å². The third-order valence-corrected chi connectivity index (χ3v) is 9.58. The molecule has 2 aliphatic rings. The Bertz CT molecular complexity index is 756. The Hall–Kier alpha value is -0.990. The maximum atomic E-state index is 11.6. The van der Waals surface area contributed by atoms with Crippen molar-refractivity contribution in [2.75, 3.05) is 0 Å². The molecule has 0 radical (unpaired) electrons. The molecule has 0 saturated carbocycles. The van der Waals surface area contributed by atoms with Gasteiger partial charge in [-0.2, -0.15) is 0 Å². The van der Waals surface area contributed by atoms with E-state index in [2.05, 4.69) is 6.92 Å². The topological polar surface area (TPSA) is 116 Å². The van der Waals surface area contributed by atoms with E-state index in [4.69, 9.17) is 9.47 Å². The second-order valence-corrected chi connectivity index (χ2v) is 13.9. The van der Waals surface area contributed by atoms with E-state index in [0.717, 1.165) is 70.6 Å². The minimum Gasteiger partial charge on any atom is -0.455 e. The van der Waals surface area contributed by atoms with E-state index in [1.165, 1.54) is 70.6 Å². The van der Waals surface area contributed by atoms with Crippen molar-refractivity contribution >= 4 is 5.97 Å². The normalized spacial score (nSPS) is 23.0. The van der Waals surface area contributed by atoms with Gasteiger partial charge in [0.1, 0.15) is 6.10 Å². The van der Waals surface area contributed by atoms with Gasteiger partial charge in [-0.25, -0.2) is 4.79 Å². The molecule has 0 spiro atoms. The number of unbranched alkanes of at least 4 members (excludes halogenated alkanes) is 16. The van der Waals surface area contributed by atoms with Gasteiger partial charge in [-0.1, -0.05) is 122 Å². The number of carbonyl (C=O) groups excluding carboxylic acids is 1. The molecule has 0 aromatic rings. The molecule has 7 heteroatoms. The van der Waals surface area contributed by atoms with Crippen LogP contribution in [0.2, 0.25) is 0 Å². The zero-order valence-electron chi connectivity index (χ0n) is 28.3. The Morgan fingerprint density at radius 2 is 1.11 bits per heavy atom. The lowest BCUT2D eigenvalue weighted by molar-refractivity contribution is -0.139. The summed E-state index contributed by atoms with van der Waals surface area (Å²) in [5.41, 5.74) is 0.606. The SMILES string of the molecule is CCCCCCCCCCCC[C@@H](O)[C@H]1CC[C@H]([C@H](O)C[C@@H](O)CCCCCCCCCC[C@@H](O)CC2=C[C@H](C)OC2=O)O1. The number of cyclic esters (lactones) is 1.